The van der Waals surface area contributed by atoms with E-state index in [-0.39, 0.29) is 11.0 Å². The minimum absolute atomic E-state index is 0.263. The Morgan fingerprint density at radius 2 is 2.00 bits per heavy atom. The number of aryl methyl sites for hydroxylation is 1. The first-order valence-electron chi connectivity index (χ1n) is 8.27. The summed E-state index contributed by atoms with van der Waals surface area (Å²) in [6, 6.07) is 2.68. The van der Waals surface area contributed by atoms with Gasteiger partial charge in [0.2, 0.25) is 0 Å². The van der Waals surface area contributed by atoms with E-state index in [2.05, 4.69) is 56.0 Å². The van der Waals surface area contributed by atoms with E-state index in [1.807, 2.05) is 17.9 Å². The van der Waals surface area contributed by atoms with Gasteiger partial charge in [-0.15, -0.1) is 0 Å². The molecule has 1 aliphatic heterocycles. The standard InChI is InChI=1S/C17H32N4/c1-7-17(8-2)13-18-15(16(3,4)5)12-21(17)11-14-9-10-20(6)19-14/h9-10,15,18H,7-8,11-13H2,1-6H3. The van der Waals surface area contributed by atoms with Crippen LogP contribution >= 0.6 is 0 Å². The van der Waals surface area contributed by atoms with Crippen molar-refractivity contribution in [1.82, 2.24) is 20.0 Å². The molecule has 2 rings (SSSR count). The predicted octanol–water partition coefficient (Wildman–Crippen LogP) is 2.80. The Hall–Kier alpha value is -0.870. The van der Waals surface area contributed by atoms with Gasteiger partial charge in [0.05, 0.1) is 5.69 Å². The van der Waals surface area contributed by atoms with Crippen molar-refractivity contribution in [2.24, 2.45) is 12.5 Å². The van der Waals surface area contributed by atoms with Gasteiger partial charge in [0, 0.05) is 44.5 Å². The van der Waals surface area contributed by atoms with Crippen LogP contribution < -0.4 is 5.32 Å². The molecule has 21 heavy (non-hydrogen) atoms. The molecule has 1 fully saturated rings. The van der Waals surface area contributed by atoms with E-state index < -0.39 is 0 Å². The third-order valence-electron chi connectivity index (χ3n) is 5.23. The highest BCUT2D eigenvalue weighted by Gasteiger charge is 2.41. The second-order valence-electron chi connectivity index (χ2n) is 7.59. The lowest BCUT2D eigenvalue weighted by atomic mass is 9.80. The van der Waals surface area contributed by atoms with E-state index in [0.29, 0.717) is 6.04 Å². The Balaban J connectivity index is 2.20. The summed E-state index contributed by atoms with van der Waals surface area (Å²) in [7, 11) is 1.99. The number of hydrogen-bond donors (Lipinski definition) is 1. The fourth-order valence-corrected chi connectivity index (χ4v) is 3.41. The van der Waals surface area contributed by atoms with Gasteiger partial charge in [0.25, 0.3) is 0 Å². The first kappa shape index (κ1) is 16.5. The van der Waals surface area contributed by atoms with Crippen LogP contribution in [0, 0.1) is 5.41 Å². The molecule has 0 aliphatic carbocycles. The number of aromatic nitrogens is 2. The van der Waals surface area contributed by atoms with Gasteiger partial charge in [-0.25, -0.2) is 0 Å². The maximum Gasteiger partial charge on any atom is 0.0764 e. The predicted molar refractivity (Wildman–Crippen MR) is 88.2 cm³/mol. The molecule has 4 nitrogen and oxygen atoms in total. The smallest absolute Gasteiger partial charge is 0.0764 e. The van der Waals surface area contributed by atoms with Crippen molar-refractivity contribution in [3.05, 3.63) is 18.0 Å². The van der Waals surface area contributed by atoms with Crippen LogP contribution in [-0.4, -0.2) is 39.4 Å². The average molecular weight is 292 g/mol. The van der Waals surface area contributed by atoms with E-state index in [1.54, 1.807) is 0 Å². The van der Waals surface area contributed by atoms with Crippen LogP contribution in [0.2, 0.25) is 0 Å². The Kier molecular flexibility index (Phi) is 4.79. The summed E-state index contributed by atoms with van der Waals surface area (Å²) in [4.78, 5) is 2.67. The second-order valence-corrected chi connectivity index (χ2v) is 7.59. The number of hydrogen-bond acceptors (Lipinski definition) is 3. The Labute approximate surface area is 129 Å². The van der Waals surface area contributed by atoms with Gasteiger partial charge in [-0.2, -0.15) is 5.10 Å². The van der Waals surface area contributed by atoms with Gasteiger partial charge in [-0.05, 0) is 24.3 Å². The van der Waals surface area contributed by atoms with Crippen LogP contribution in [0.15, 0.2) is 12.3 Å². The van der Waals surface area contributed by atoms with E-state index >= 15 is 0 Å². The number of piperazine rings is 1. The van der Waals surface area contributed by atoms with Gasteiger partial charge in [0.15, 0.2) is 0 Å². The normalized spacial score (nSPS) is 23.4. The van der Waals surface area contributed by atoms with Gasteiger partial charge >= 0.3 is 0 Å². The fraction of sp³-hybridized carbons (Fsp3) is 0.824. The van der Waals surface area contributed by atoms with Crippen LogP contribution in [0.1, 0.15) is 53.2 Å². The Bertz CT molecular complexity index is 454. The van der Waals surface area contributed by atoms with Crippen LogP contribution in [0.4, 0.5) is 0 Å². The van der Waals surface area contributed by atoms with Crippen molar-refractivity contribution in [2.45, 2.75) is 65.6 Å². The molecule has 1 saturated heterocycles. The molecular weight excluding hydrogens is 260 g/mol. The van der Waals surface area contributed by atoms with Crippen molar-refractivity contribution in [3.8, 4) is 0 Å². The quantitative estimate of drug-likeness (QED) is 0.926. The van der Waals surface area contributed by atoms with Crippen LogP contribution in [0.3, 0.4) is 0 Å². The molecule has 0 bridgehead atoms. The maximum atomic E-state index is 4.58. The zero-order chi connectivity index (χ0) is 15.7. The molecule has 0 radical (unpaired) electrons. The van der Waals surface area contributed by atoms with Crippen molar-refractivity contribution < 1.29 is 0 Å². The van der Waals surface area contributed by atoms with Crippen LogP contribution in [0.5, 0.6) is 0 Å². The summed E-state index contributed by atoms with van der Waals surface area (Å²) >= 11 is 0. The summed E-state index contributed by atoms with van der Waals surface area (Å²) in [5.41, 5.74) is 1.73. The summed E-state index contributed by atoms with van der Waals surface area (Å²) < 4.78 is 1.90. The summed E-state index contributed by atoms with van der Waals surface area (Å²) in [6.07, 6.45) is 4.40. The van der Waals surface area contributed by atoms with Crippen molar-refractivity contribution >= 4 is 0 Å². The lowest BCUT2D eigenvalue weighted by Crippen LogP contribution is -2.66. The number of nitrogens with one attached hydrogen (secondary N) is 1. The summed E-state index contributed by atoms with van der Waals surface area (Å²) in [6.45, 7) is 14.7. The van der Waals surface area contributed by atoms with Gasteiger partial charge in [-0.3, -0.25) is 9.58 Å². The Morgan fingerprint density at radius 1 is 1.33 bits per heavy atom. The molecule has 1 aromatic heterocycles. The molecule has 2 heterocycles. The lowest BCUT2D eigenvalue weighted by Gasteiger charge is -2.52. The lowest BCUT2D eigenvalue weighted by molar-refractivity contribution is 0.000542. The topological polar surface area (TPSA) is 33.1 Å². The van der Waals surface area contributed by atoms with Crippen molar-refractivity contribution in [1.29, 1.82) is 0 Å². The van der Waals surface area contributed by atoms with E-state index in [1.165, 1.54) is 18.5 Å². The second kappa shape index (κ2) is 6.09. The molecule has 4 heteroatoms. The molecule has 0 aromatic carbocycles. The van der Waals surface area contributed by atoms with Crippen LogP contribution in [-0.2, 0) is 13.6 Å². The number of rotatable bonds is 4. The van der Waals surface area contributed by atoms with Gasteiger partial charge in [0.1, 0.15) is 0 Å². The molecule has 1 unspecified atom stereocenters. The third-order valence-corrected chi connectivity index (χ3v) is 5.23. The van der Waals surface area contributed by atoms with E-state index in [4.69, 9.17) is 0 Å². The van der Waals surface area contributed by atoms with Gasteiger partial charge in [-0.1, -0.05) is 34.6 Å². The molecule has 1 aliphatic rings. The highest BCUT2D eigenvalue weighted by atomic mass is 15.3. The molecule has 1 N–H and O–H groups in total. The molecule has 0 amide bonds. The first-order valence-corrected chi connectivity index (χ1v) is 8.27. The summed E-state index contributed by atoms with van der Waals surface area (Å²) in [5.74, 6) is 0. The molecule has 0 spiro atoms. The minimum atomic E-state index is 0.263. The van der Waals surface area contributed by atoms with Gasteiger partial charge < -0.3 is 5.32 Å². The molecule has 1 atom stereocenters. The SMILES string of the molecule is CCC1(CC)CNC(C(C)(C)C)CN1Cc1ccn(C)n1. The molecule has 0 saturated carbocycles. The third kappa shape index (κ3) is 3.49. The zero-order valence-electron chi connectivity index (χ0n) is 14.6. The highest BCUT2D eigenvalue weighted by Crippen LogP contribution is 2.32. The highest BCUT2D eigenvalue weighted by molar-refractivity contribution is 5.05. The largest absolute Gasteiger partial charge is 0.310 e. The van der Waals surface area contributed by atoms with Crippen molar-refractivity contribution in [3.63, 3.8) is 0 Å². The minimum Gasteiger partial charge on any atom is -0.310 e. The molecular formula is C17H32N4. The Morgan fingerprint density at radius 3 is 2.48 bits per heavy atom. The maximum absolute atomic E-state index is 4.58. The fourth-order valence-electron chi connectivity index (χ4n) is 3.41. The van der Waals surface area contributed by atoms with Crippen molar-refractivity contribution in [2.75, 3.05) is 13.1 Å². The summed E-state index contributed by atoms with van der Waals surface area (Å²) in [5, 5.41) is 8.39. The van der Waals surface area contributed by atoms with Crippen LogP contribution in [0.25, 0.3) is 0 Å². The average Bonchev–Trinajstić information content (AvgIpc) is 2.83. The molecule has 1 aromatic rings. The molecule has 120 valence electrons. The first-order chi connectivity index (χ1) is 9.80. The van der Waals surface area contributed by atoms with E-state index in [9.17, 15) is 0 Å². The van der Waals surface area contributed by atoms with E-state index in [0.717, 1.165) is 19.6 Å². The number of nitrogens with zero attached hydrogens (tertiary/aromatic N) is 3. The zero-order valence-corrected chi connectivity index (χ0v) is 14.6. The monoisotopic (exact) mass is 292 g/mol.